The minimum atomic E-state index is -0.0883. The van der Waals surface area contributed by atoms with Gasteiger partial charge in [-0.2, -0.15) is 0 Å². The molecule has 1 rings (SSSR count). The van der Waals surface area contributed by atoms with Gasteiger partial charge < -0.3 is 19.3 Å². The van der Waals surface area contributed by atoms with E-state index in [1.165, 1.54) is 0 Å². The molecular formula is C13H25N3O4. The molecule has 1 heterocycles. The molecule has 20 heavy (non-hydrogen) atoms. The zero-order chi connectivity index (χ0) is 14.5. The van der Waals surface area contributed by atoms with Crippen LogP contribution in [-0.2, 0) is 27.4 Å². The van der Waals surface area contributed by atoms with Gasteiger partial charge in [0, 0.05) is 6.61 Å². The predicted molar refractivity (Wildman–Crippen MR) is 73.3 cm³/mol. The topological polar surface area (TPSA) is 78.6 Å². The van der Waals surface area contributed by atoms with Crippen molar-refractivity contribution in [2.24, 2.45) is 0 Å². The quantitative estimate of drug-likeness (QED) is 0.536. The summed E-state index contributed by atoms with van der Waals surface area (Å²) in [6.07, 6.45) is 3.96. The summed E-state index contributed by atoms with van der Waals surface area (Å²) in [5, 5.41) is 16.5. The Balaban J connectivity index is 1.83. The van der Waals surface area contributed by atoms with Gasteiger partial charge in [-0.25, -0.2) is 4.68 Å². The monoisotopic (exact) mass is 287 g/mol. The highest BCUT2D eigenvalue weighted by molar-refractivity contribution is 4.88. The molecule has 0 radical (unpaired) electrons. The molecule has 0 aliphatic carbocycles. The third-order valence-corrected chi connectivity index (χ3v) is 2.60. The number of rotatable bonds is 13. The van der Waals surface area contributed by atoms with Crippen molar-refractivity contribution in [3.8, 4) is 0 Å². The van der Waals surface area contributed by atoms with Gasteiger partial charge >= 0.3 is 0 Å². The number of aliphatic hydroxyl groups excluding tert-OH is 1. The Morgan fingerprint density at radius 3 is 2.30 bits per heavy atom. The lowest BCUT2D eigenvalue weighted by molar-refractivity contribution is 0.0123. The Labute approximate surface area is 119 Å². The Bertz CT molecular complexity index is 333. The fourth-order valence-corrected chi connectivity index (χ4v) is 1.47. The predicted octanol–water partition coefficient (Wildman–Crippen LogP) is 0.620. The van der Waals surface area contributed by atoms with Crippen LogP contribution in [0, 0.1) is 0 Å². The average Bonchev–Trinajstić information content (AvgIpc) is 2.93. The van der Waals surface area contributed by atoms with Gasteiger partial charge in [-0.1, -0.05) is 18.6 Å². The third kappa shape index (κ3) is 8.21. The van der Waals surface area contributed by atoms with Crippen molar-refractivity contribution in [1.29, 1.82) is 0 Å². The summed E-state index contributed by atoms with van der Waals surface area (Å²) in [5.41, 5.74) is 0.566. The van der Waals surface area contributed by atoms with E-state index in [1.807, 2.05) is 0 Å². The molecular weight excluding hydrogens is 262 g/mol. The lowest BCUT2D eigenvalue weighted by Crippen LogP contribution is -2.12. The van der Waals surface area contributed by atoms with E-state index in [1.54, 1.807) is 10.9 Å². The van der Waals surface area contributed by atoms with Crippen LogP contribution in [0.25, 0.3) is 0 Å². The normalized spacial score (nSPS) is 11.1. The van der Waals surface area contributed by atoms with Crippen molar-refractivity contribution < 1.29 is 19.3 Å². The van der Waals surface area contributed by atoms with Crippen molar-refractivity contribution in [2.75, 3.05) is 39.6 Å². The minimum Gasteiger partial charge on any atom is -0.390 e. The molecule has 0 aliphatic heterocycles. The van der Waals surface area contributed by atoms with Crippen LogP contribution in [-0.4, -0.2) is 59.7 Å². The van der Waals surface area contributed by atoms with Crippen LogP contribution in [0.1, 0.15) is 25.5 Å². The molecule has 0 fully saturated rings. The van der Waals surface area contributed by atoms with Gasteiger partial charge in [0.1, 0.15) is 5.69 Å². The molecule has 0 atom stereocenters. The largest absolute Gasteiger partial charge is 0.390 e. The first-order chi connectivity index (χ1) is 9.86. The summed E-state index contributed by atoms with van der Waals surface area (Å²) in [4.78, 5) is 0. The first kappa shape index (κ1) is 17.0. The highest BCUT2D eigenvalue weighted by Crippen LogP contribution is 1.92. The zero-order valence-corrected chi connectivity index (χ0v) is 12.2. The van der Waals surface area contributed by atoms with Crippen LogP contribution < -0.4 is 0 Å². The summed E-state index contributed by atoms with van der Waals surface area (Å²) in [5.74, 6) is 0. The fraction of sp³-hybridized carbons (Fsp3) is 0.846. The number of aliphatic hydroxyl groups is 1. The maximum absolute atomic E-state index is 8.84. The Morgan fingerprint density at radius 1 is 1.05 bits per heavy atom. The number of hydrogen-bond acceptors (Lipinski definition) is 6. The van der Waals surface area contributed by atoms with Gasteiger partial charge in [0.05, 0.1) is 52.4 Å². The van der Waals surface area contributed by atoms with Gasteiger partial charge in [0.2, 0.25) is 0 Å². The average molecular weight is 287 g/mol. The van der Waals surface area contributed by atoms with E-state index in [2.05, 4.69) is 17.2 Å². The second-order valence-electron chi connectivity index (χ2n) is 4.32. The van der Waals surface area contributed by atoms with Crippen molar-refractivity contribution in [3.05, 3.63) is 11.9 Å². The van der Waals surface area contributed by atoms with E-state index in [-0.39, 0.29) is 6.61 Å². The Morgan fingerprint density at radius 2 is 1.70 bits per heavy atom. The number of aromatic nitrogens is 3. The van der Waals surface area contributed by atoms with Crippen molar-refractivity contribution in [2.45, 2.75) is 32.9 Å². The number of hydrogen-bond donors (Lipinski definition) is 1. The molecule has 7 nitrogen and oxygen atoms in total. The minimum absolute atomic E-state index is 0.0883. The highest BCUT2D eigenvalue weighted by Gasteiger charge is 1.98. The molecule has 0 spiro atoms. The van der Waals surface area contributed by atoms with Crippen LogP contribution in [0.2, 0.25) is 0 Å². The van der Waals surface area contributed by atoms with E-state index >= 15 is 0 Å². The van der Waals surface area contributed by atoms with Gasteiger partial charge in [-0.3, -0.25) is 0 Å². The van der Waals surface area contributed by atoms with Gasteiger partial charge in [-0.15, -0.1) is 5.10 Å². The summed E-state index contributed by atoms with van der Waals surface area (Å²) in [6, 6.07) is 0. The van der Waals surface area contributed by atoms with Crippen LogP contribution >= 0.6 is 0 Å². The molecule has 0 unspecified atom stereocenters. The maximum Gasteiger partial charge on any atom is 0.108 e. The zero-order valence-electron chi connectivity index (χ0n) is 12.2. The SMILES string of the molecule is CCCCOCCOCCOCCn1cc(CO)nn1. The van der Waals surface area contributed by atoms with Crippen LogP contribution in [0.15, 0.2) is 6.20 Å². The molecule has 0 bridgehead atoms. The molecule has 0 aliphatic rings. The van der Waals surface area contributed by atoms with Gasteiger partial charge in [0.15, 0.2) is 0 Å². The van der Waals surface area contributed by atoms with Crippen LogP contribution in [0.5, 0.6) is 0 Å². The molecule has 0 amide bonds. The smallest absolute Gasteiger partial charge is 0.108 e. The molecule has 1 aromatic heterocycles. The van der Waals surface area contributed by atoms with E-state index in [0.717, 1.165) is 19.4 Å². The molecule has 116 valence electrons. The Kier molecular flexibility index (Phi) is 10.0. The first-order valence-corrected chi connectivity index (χ1v) is 7.10. The number of nitrogens with zero attached hydrogens (tertiary/aromatic N) is 3. The van der Waals surface area contributed by atoms with Crippen LogP contribution in [0.4, 0.5) is 0 Å². The van der Waals surface area contributed by atoms with Crippen molar-refractivity contribution in [1.82, 2.24) is 15.0 Å². The van der Waals surface area contributed by atoms with Crippen molar-refractivity contribution in [3.63, 3.8) is 0 Å². The second-order valence-corrected chi connectivity index (χ2v) is 4.32. The molecule has 1 N–H and O–H groups in total. The summed E-state index contributed by atoms with van der Waals surface area (Å²) < 4.78 is 17.8. The van der Waals surface area contributed by atoms with E-state index in [4.69, 9.17) is 19.3 Å². The Hall–Kier alpha value is -1.02. The summed E-state index contributed by atoms with van der Waals surface area (Å²) in [6.45, 7) is 6.39. The van der Waals surface area contributed by atoms with E-state index < -0.39 is 0 Å². The molecule has 0 aromatic carbocycles. The molecule has 7 heteroatoms. The number of ether oxygens (including phenoxy) is 3. The molecule has 0 saturated heterocycles. The number of unbranched alkanes of at least 4 members (excludes halogenated alkanes) is 1. The standard InChI is InChI=1S/C13H25N3O4/c1-2-3-5-18-7-9-20-10-8-19-6-4-16-11-13(12-17)14-15-16/h11,17H,2-10,12H2,1H3. The fourth-order valence-electron chi connectivity index (χ4n) is 1.47. The van der Waals surface area contributed by atoms with Gasteiger partial charge in [-0.05, 0) is 6.42 Å². The molecule has 0 saturated carbocycles. The lowest BCUT2D eigenvalue weighted by atomic mass is 10.4. The summed E-state index contributed by atoms with van der Waals surface area (Å²) >= 11 is 0. The second kappa shape index (κ2) is 11.8. The summed E-state index contributed by atoms with van der Waals surface area (Å²) in [7, 11) is 0. The van der Waals surface area contributed by atoms with Gasteiger partial charge in [0.25, 0.3) is 0 Å². The van der Waals surface area contributed by atoms with E-state index in [9.17, 15) is 0 Å². The van der Waals surface area contributed by atoms with Crippen LogP contribution in [0.3, 0.4) is 0 Å². The lowest BCUT2D eigenvalue weighted by Gasteiger charge is -2.06. The maximum atomic E-state index is 8.84. The highest BCUT2D eigenvalue weighted by atomic mass is 16.5. The first-order valence-electron chi connectivity index (χ1n) is 7.10. The third-order valence-electron chi connectivity index (χ3n) is 2.60. The van der Waals surface area contributed by atoms with Crippen molar-refractivity contribution >= 4 is 0 Å². The molecule has 1 aromatic rings. The van der Waals surface area contributed by atoms with E-state index in [0.29, 0.717) is 45.3 Å².